The van der Waals surface area contributed by atoms with Gasteiger partial charge in [0.25, 0.3) is 0 Å². The first-order valence-corrected chi connectivity index (χ1v) is 5.00. The largest absolute Gasteiger partial charge is 0.381 e. The van der Waals surface area contributed by atoms with Gasteiger partial charge in [0.1, 0.15) is 0 Å². The third kappa shape index (κ3) is 3.46. The van der Waals surface area contributed by atoms with E-state index in [1.165, 1.54) is 0 Å². The standard InChI is InChI=1S/C10H20N2O/c1-2-5-12-10(8-11)9-3-6-13-7-4-9/h2,9-10,12H,1,3-8,11H2. The number of ether oxygens (including phenoxy) is 1. The van der Waals surface area contributed by atoms with Crippen LogP contribution in [0, 0.1) is 5.92 Å². The van der Waals surface area contributed by atoms with Gasteiger partial charge >= 0.3 is 0 Å². The summed E-state index contributed by atoms with van der Waals surface area (Å²) in [5.41, 5.74) is 5.71. The zero-order chi connectivity index (χ0) is 9.52. The van der Waals surface area contributed by atoms with Gasteiger partial charge in [-0.3, -0.25) is 0 Å². The maximum Gasteiger partial charge on any atom is 0.0469 e. The normalized spacial score (nSPS) is 21.3. The number of rotatable bonds is 5. The highest BCUT2D eigenvalue weighted by Crippen LogP contribution is 2.17. The molecule has 13 heavy (non-hydrogen) atoms. The lowest BCUT2D eigenvalue weighted by molar-refractivity contribution is 0.0553. The van der Waals surface area contributed by atoms with Gasteiger partial charge in [0, 0.05) is 32.3 Å². The van der Waals surface area contributed by atoms with E-state index in [0.29, 0.717) is 18.5 Å². The molecule has 0 aliphatic carbocycles. The Kier molecular flexibility index (Phi) is 5.05. The molecular formula is C10H20N2O. The number of hydrogen-bond acceptors (Lipinski definition) is 3. The molecule has 1 heterocycles. The van der Waals surface area contributed by atoms with E-state index in [4.69, 9.17) is 10.5 Å². The summed E-state index contributed by atoms with van der Waals surface area (Å²) < 4.78 is 5.31. The van der Waals surface area contributed by atoms with Crippen LogP contribution in [0.3, 0.4) is 0 Å². The Hall–Kier alpha value is -0.380. The highest BCUT2D eigenvalue weighted by molar-refractivity contribution is 4.82. The van der Waals surface area contributed by atoms with E-state index in [-0.39, 0.29) is 0 Å². The molecule has 3 heteroatoms. The first-order chi connectivity index (χ1) is 6.38. The molecule has 1 rings (SSSR count). The third-order valence-corrected chi connectivity index (χ3v) is 2.61. The molecule has 0 bridgehead atoms. The highest BCUT2D eigenvalue weighted by Gasteiger charge is 2.21. The summed E-state index contributed by atoms with van der Waals surface area (Å²) in [6, 6.07) is 0.432. The van der Waals surface area contributed by atoms with Gasteiger partial charge < -0.3 is 15.8 Å². The number of nitrogens with two attached hydrogens (primary N) is 1. The van der Waals surface area contributed by atoms with Crippen molar-refractivity contribution in [1.82, 2.24) is 5.32 Å². The van der Waals surface area contributed by atoms with Crippen LogP contribution in [0.4, 0.5) is 0 Å². The average Bonchev–Trinajstić information content (AvgIpc) is 2.21. The summed E-state index contributed by atoms with van der Waals surface area (Å²) in [5, 5.41) is 3.39. The molecule has 0 aromatic rings. The van der Waals surface area contributed by atoms with Crippen LogP contribution in [0.25, 0.3) is 0 Å². The Bertz CT molecular complexity index is 144. The van der Waals surface area contributed by atoms with Gasteiger partial charge in [-0.2, -0.15) is 0 Å². The predicted molar refractivity (Wildman–Crippen MR) is 54.6 cm³/mol. The summed E-state index contributed by atoms with van der Waals surface area (Å²) in [6.07, 6.45) is 4.14. The van der Waals surface area contributed by atoms with E-state index in [1.807, 2.05) is 6.08 Å². The molecule has 0 saturated carbocycles. The quantitative estimate of drug-likeness (QED) is 0.612. The molecule has 0 radical (unpaired) electrons. The van der Waals surface area contributed by atoms with Crippen LogP contribution in [-0.4, -0.2) is 32.3 Å². The second-order valence-corrected chi connectivity index (χ2v) is 3.49. The van der Waals surface area contributed by atoms with Crippen LogP contribution in [-0.2, 0) is 4.74 Å². The maximum absolute atomic E-state index is 5.71. The molecule has 76 valence electrons. The fourth-order valence-electron chi connectivity index (χ4n) is 1.80. The van der Waals surface area contributed by atoms with E-state index in [2.05, 4.69) is 11.9 Å². The molecule has 0 aromatic carbocycles. The molecule has 1 aliphatic heterocycles. The average molecular weight is 184 g/mol. The fraction of sp³-hybridized carbons (Fsp3) is 0.800. The Labute approximate surface area is 80.3 Å². The van der Waals surface area contributed by atoms with Crippen LogP contribution in [0.5, 0.6) is 0 Å². The first-order valence-electron chi connectivity index (χ1n) is 5.00. The van der Waals surface area contributed by atoms with E-state index in [9.17, 15) is 0 Å². The second kappa shape index (κ2) is 6.13. The predicted octanol–water partition coefficient (Wildman–Crippen LogP) is 0.516. The SMILES string of the molecule is C=CCNC(CN)C1CCOCC1. The maximum atomic E-state index is 5.71. The molecule has 3 nitrogen and oxygen atoms in total. The van der Waals surface area contributed by atoms with Crippen molar-refractivity contribution in [3.05, 3.63) is 12.7 Å². The van der Waals surface area contributed by atoms with Crippen molar-refractivity contribution in [1.29, 1.82) is 0 Å². The van der Waals surface area contributed by atoms with Crippen LogP contribution >= 0.6 is 0 Å². The minimum atomic E-state index is 0.432. The van der Waals surface area contributed by atoms with Gasteiger partial charge in [0.2, 0.25) is 0 Å². The molecule has 0 amide bonds. The summed E-state index contributed by atoms with van der Waals surface area (Å²) >= 11 is 0. The Balaban J connectivity index is 2.29. The number of hydrogen-bond donors (Lipinski definition) is 2. The molecule has 3 N–H and O–H groups in total. The summed E-state index contributed by atoms with van der Waals surface area (Å²) in [4.78, 5) is 0. The lowest BCUT2D eigenvalue weighted by Crippen LogP contribution is -2.44. The summed E-state index contributed by atoms with van der Waals surface area (Å²) in [6.45, 7) is 7.01. The van der Waals surface area contributed by atoms with Crippen LogP contribution < -0.4 is 11.1 Å². The topological polar surface area (TPSA) is 47.3 Å². The van der Waals surface area contributed by atoms with Gasteiger partial charge in [-0.15, -0.1) is 6.58 Å². The van der Waals surface area contributed by atoms with Crippen molar-refractivity contribution in [2.24, 2.45) is 11.7 Å². The Morgan fingerprint density at radius 1 is 1.54 bits per heavy atom. The molecular weight excluding hydrogens is 164 g/mol. The summed E-state index contributed by atoms with van der Waals surface area (Å²) in [7, 11) is 0. The molecule has 1 fully saturated rings. The Morgan fingerprint density at radius 3 is 2.77 bits per heavy atom. The molecule has 0 aromatic heterocycles. The monoisotopic (exact) mass is 184 g/mol. The fourth-order valence-corrected chi connectivity index (χ4v) is 1.80. The minimum Gasteiger partial charge on any atom is -0.381 e. The van der Waals surface area contributed by atoms with Gasteiger partial charge in [-0.25, -0.2) is 0 Å². The smallest absolute Gasteiger partial charge is 0.0469 e. The van der Waals surface area contributed by atoms with E-state index >= 15 is 0 Å². The minimum absolute atomic E-state index is 0.432. The van der Waals surface area contributed by atoms with Crippen molar-refractivity contribution in [2.45, 2.75) is 18.9 Å². The van der Waals surface area contributed by atoms with Crippen LogP contribution in [0.15, 0.2) is 12.7 Å². The van der Waals surface area contributed by atoms with Crippen molar-refractivity contribution < 1.29 is 4.74 Å². The van der Waals surface area contributed by atoms with Crippen molar-refractivity contribution in [2.75, 3.05) is 26.3 Å². The summed E-state index contributed by atoms with van der Waals surface area (Å²) in [5.74, 6) is 0.679. The zero-order valence-electron chi connectivity index (χ0n) is 8.17. The number of nitrogens with one attached hydrogen (secondary N) is 1. The van der Waals surface area contributed by atoms with Crippen molar-refractivity contribution in [3.63, 3.8) is 0 Å². The van der Waals surface area contributed by atoms with Crippen molar-refractivity contribution >= 4 is 0 Å². The van der Waals surface area contributed by atoms with Gasteiger partial charge in [0.15, 0.2) is 0 Å². The molecule has 1 saturated heterocycles. The van der Waals surface area contributed by atoms with Crippen LogP contribution in [0.1, 0.15) is 12.8 Å². The van der Waals surface area contributed by atoms with E-state index in [0.717, 1.165) is 32.6 Å². The third-order valence-electron chi connectivity index (χ3n) is 2.61. The lowest BCUT2D eigenvalue weighted by atomic mass is 9.92. The lowest BCUT2D eigenvalue weighted by Gasteiger charge is -2.29. The van der Waals surface area contributed by atoms with Gasteiger partial charge in [-0.05, 0) is 18.8 Å². The van der Waals surface area contributed by atoms with Gasteiger partial charge in [0.05, 0.1) is 0 Å². The molecule has 1 atom stereocenters. The van der Waals surface area contributed by atoms with Gasteiger partial charge in [-0.1, -0.05) is 6.08 Å². The molecule has 0 spiro atoms. The van der Waals surface area contributed by atoms with E-state index in [1.54, 1.807) is 0 Å². The molecule has 1 aliphatic rings. The highest BCUT2D eigenvalue weighted by atomic mass is 16.5. The Morgan fingerprint density at radius 2 is 2.23 bits per heavy atom. The van der Waals surface area contributed by atoms with Crippen molar-refractivity contribution in [3.8, 4) is 0 Å². The van der Waals surface area contributed by atoms with E-state index < -0.39 is 0 Å². The second-order valence-electron chi connectivity index (χ2n) is 3.49. The van der Waals surface area contributed by atoms with Crippen LogP contribution in [0.2, 0.25) is 0 Å². The first kappa shape index (κ1) is 10.7. The molecule has 1 unspecified atom stereocenters. The zero-order valence-corrected chi connectivity index (χ0v) is 8.17.